The molecule has 15 nitrogen and oxygen atoms in total. The third-order valence-electron chi connectivity index (χ3n) is 12.8. The number of carbonyl (C=O) groups excluding carboxylic acids is 2. The molecule has 0 fully saturated rings. The number of carboxylic acid groups (broad SMARTS) is 1. The number of aliphatic carboxylic acids is 1. The van der Waals surface area contributed by atoms with Gasteiger partial charge in [-0.2, -0.15) is 8.42 Å². The van der Waals surface area contributed by atoms with Crippen LogP contribution in [0.5, 0.6) is 28.7 Å². The standard InChI is InChI=1S/C17H24O3.C16H22O4.C14H18O4.CH4.H2O4S/c1-7-19-16(18)17(6)9-8-14-12(4)10(2)11(3)13(5)15(14)20-17;1-6-19-15(18)16(5)8-7-12-11(4)13(17)9(2)10(3)14(12)20-16;1-7-8(2)12-10(9(3)11(7)15)5-6-14(4,18-12)13(16)17;;1-5(2,3)4/h7-9H2,1-6H3;17H,6-8H2,1-5H3;15H,5-6H2,1-4H3,(H,16,17);1H4;(H2,1,2,3,4). The summed E-state index contributed by atoms with van der Waals surface area (Å²) in [6.45, 7) is 29.1. The monoisotopic (exact) mass is 918 g/mol. The van der Waals surface area contributed by atoms with Gasteiger partial charge in [-0.05, 0) is 184 Å². The smallest absolute Gasteiger partial charge is 0.394 e. The van der Waals surface area contributed by atoms with Gasteiger partial charge < -0.3 is 39.0 Å². The highest BCUT2D eigenvalue weighted by Gasteiger charge is 2.44. The van der Waals surface area contributed by atoms with Gasteiger partial charge in [0.2, 0.25) is 16.8 Å². The van der Waals surface area contributed by atoms with Crippen molar-refractivity contribution in [2.24, 2.45) is 0 Å². The minimum absolute atomic E-state index is 0. The van der Waals surface area contributed by atoms with Gasteiger partial charge in [-0.15, -0.1) is 0 Å². The number of carboxylic acids is 1. The maximum absolute atomic E-state index is 12.1. The largest absolute Gasteiger partial charge is 0.507 e. The Balaban J connectivity index is 0.000000311. The molecular weight excluding hydrogens is 849 g/mol. The molecule has 358 valence electrons. The Hall–Kier alpha value is -5.06. The van der Waals surface area contributed by atoms with Crippen LogP contribution in [0.1, 0.15) is 134 Å². The predicted octanol–water partition coefficient (Wildman–Crippen LogP) is 9.00. The number of phenolic OH excluding ortho intramolecular Hbond substituents is 2. The number of rotatable bonds is 5. The molecule has 0 saturated heterocycles. The maximum atomic E-state index is 12.1. The van der Waals surface area contributed by atoms with Crippen molar-refractivity contribution in [3.63, 3.8) is 0 Å². The molecular formula is C48H70O15S. The fraction of sp³-hybridized carbons (Fsp3) is 0.562. The second-order valence-electron chi connectivity index (χ2n) is 17.1. The van der Waals surface area contributed by atoms with Crippen LogP contribution in [0.15, 0.2) is 0 Å². The normalized spacial score (nSPS) is 20.3. The van der Waals surface area contributed by atoms with Crippen LogP contribution in [-0.2, 0) is 53.5 Å². The lowest BCUT2D eigenvalue weighted by Crippen LogP contribution is -2.46. The Morgan fingerprint density at radius 1 is 0.516 bits per heavy atom. The van der Waals surface area contributed by atoms with Crippen molar-refractivity contribution in [2.75, 3.05) is 13.2 Å². The quantitative estimate of drug-likeness (QED) is 0.119. The summed E-state index contributed by atoms with van der Waals surface area (Å²) >= 11 is 0. The zero-order chi connectivity index (χ0) is 48.3. The van der Waals surface area contributed by atoms with E-state index in [9.17, 15) is 29.7 Å². The molecule has 3 aliphatic heterocycles. The number of esters is 2. The first-order valence-corrected chi connectivity index (χ1v) is 22.4. The molecule has 3 unspecified atom stereocenters. The number of benzene rings is 3. The average molecular weight is 919 g/mol. The van der Waals surface area contributed by atoms with E-state index in [0.29, 0.717) is 56.8 Å². The van der Waals surface area contributed by atoms with Crippen molar-refractivity contribution in [3.8, 4) is 28.7 Å². The van der Waals surface area contributed by atoms with Crippen molar-refractivity contribution in [3.05, 3.63) is 72.3 Å². The Bertz CT molecular complexity index is 2280. The topological polar surface area (TPSA) is 233 Å². The lowest BCUT2D eigenvalue weighted by atomic mass is 9.85. The van der Waals surface area contributed by atoms with E-state index in [1.165, 1.54) is 22.3 Å². The molecule has 5 N–H and O–H groups in total. The maximum Gasteiger partial charge on any atom is 0.394 e. The molecule has 3 atom stereocenters. The summed E-state index contributed by atoms with van der Waals surface area (Å²) < 4.78 is 59.7. The molecule has 0 bridgehead atoms. The van der Waals surface area contributed by atoms with Crippen LogP contribution in [0, 0.1) is 69.2 Å². The van der Waals surface area contributed by atoms with Gasteiger partial charge in [0, 0.05) is 30.4 Å². The molecule has 3 aromatic carbocycles. The number of hydrogen-bond donors (Lipinski definition) is 5. The number of phenols is 2. The zero-order valence-electron chi connectivity index (χ0n) is 39.4. The number of ether oxygens (including phenoxy) is 5. The second kappa shape index (κ2) is 20.8. The Morgan fingerprint density at radius 3 is 1.09 bits per heavy atom. The highest BCUT2D eigenvalue weighted by molar-refractivity contribution is 7.79. The van der Waals surface area contributed by atoms with Crippen LogP contribution >= 0.6 is 0 Å². The number of aromatic hydroxyl groups is 2. The van der Waals surface area contributed by atoms with E-state index in [1.807, 2.05) is 55.4 Å². The minimum atomic E-state index is -4.67. The second-order valence-corrected chi connectivity index (χ2v) is 18.0. The number of carbonyl (C=O) groups is 3. The van der Waals surface area contributed by atoms with E-state index in [2.05, 4.69) is 27.7 Å². The highest BCUT2D eigenvalue weighted by Crippen LogP contribution is 2.45. The molecule has 0 amide bonds. The molecule has 6 rings (SSSR count). The van der Waals surface area contributed by atoms with E-state index < -0.39 is 33.2 Å². The molecule has 0 spiro atoms. The summed E-state index contributed by atoms with van der Waals surface area (Å²) in [5, 5.41) is 29.4. The fourth-order valence-electron chi connectivity index (χ4n) is 7.94. The van der Waals surface area contributed by atoms with Gasteiger partial charge in [0.05, 0.1) is 13.2 Å². The summed E-state index contributed by atoms with van der Waals surface area (Å²) in [6.07, 6.45) is 3.81. The first-order chi connectivity index (χ1) is 28.9. The van der Waals surface area contributed by atoms with E-state index in [0.717, 1.165) is 68.0 Å². The van der Waals surface area contributed by atoms with Crippen molar-refractivity contribution in [1.82, 2.24) is 0 Å². The van der Waals surface area contributed by atoms with Crippen molar-refractivity contribution in [1.29, 1.82) is 0 Å². The van der Waals surface area contributed by atoms with Crippen LogP contribution < -0.4 is 14.2 Å². The van der Waals surface area contributed by atoms with Crippen molar-refractivity contribution in [2.45, 2.75) is 167 Å². The predicted molar refractivity (Wildman–Crippen MR) is 244 cm³/mol. The fourth-order valence-corrected chi connectivity index (χ4v) is 7.94. The van der Waals surface area contributed by atoms with Gasteiger partial charge in [0.15, 0.2) is 0 Å². The van der Waals surface area contributed by atoms with E-state index in [-0.39, 0.29) is 25.1 Å². The van der Waals surface area contributed by atoms with Crippen molar-refractivity contribution >= 4 is 28.3 Å². The molecule has 0 aliphatic carbocycles. The van der Waals surface area contributed by atoms with Crippen LogP contribution in [0.25, 0.3) is 0 Å². The van der Waals surface area contributed by atoms with Crippen LogP contribution in [0.3, 0.4) is 0 Å². The molecule has 0 radical (unpaired) electrons. The van der Waals surface area contributed by atoms with Crippen molar-refractivity contribution < 1.29 is 70.9 Å². The Kier molecular flexibility index (Phi) is 17.9. The average Bonchev–Trinajstić information content (AvgIpc) is 3.21. The van der Waals surface area contributed by atoms with E-state index in [1.54, 1.807) is 20.8 Å². The lowest BCUT2D eigenvalue weighted by Gasteiger charge is -2.36. The number of fused-ring (bicyclic) bond motifs is 3. The zero-order valence-corrected chi connectivity index (χ0v) is 40.2. The summed E-state index contributed by atoms with van der Waals surface area (Å²) in [5.41, 5.74) is 10.1. The third kappa shape index (κ3) is 11.6. The molecule has 64 heavy (non-hydrogen) atoms. The summed E-state index contributed by atoms with van der Waals surface area (Å²) in [6, 6.07) is 0. The molecule has 3 aliphatic rings. The van der Waals surface area contributed by atoms with Gasteiger partial charge in [0.25, 0.3) is 0 Å². The third-order valence-corrected chi connectivity index (χ3v) is 12.8. The Labute approximate surface area is 379 Å². The van der Waals surface area contributed by atoms with E-state index in [4.69, 9.17) is 41.2 Å². The van der Waals surface area contributed by atoms with Gasteiger partial charge in [-0.25, -0.2) is 14.4 Å². The molecule has 0 aromatic heterocycles. The van der Waals surface area contributed by atoms with Crippen LogP contribution in [-0.4, -0.2) is 80.8 Å². The highest BCUT2D eigenvalue weighted by atomic mass is 32.3. The molecule has 16 heteroatoms. The van der Waals surface area contributed by atoms with Gasteiger partial charge >= 0.3 is 28.3 Å². The SMILES string of the molecule is C.CCOC(=O)C1(C)CCc2c(C)c(C)c(C)c(C)c2O1.CCOC(=O)C1(C)CCc2c(C)c(O)c(C)c(C)c2O1.Cc1c(C)c2c(c(C)c1O)CCC(C)(C(=O)O)O2.O=S(=O)(O)O. The molecule has 0 saturated carbocycles. The molecule has 3 aromatic rings. The summed E-state index contributed by atoms with van der Waals surface area (Å²) in [7, 11) is -4.67. The first kappa shape index (κ1) is 55.1. The van der Waals surface area contributed by atoms with Gasteiger partial charge in [0.1, 0.15) is 28.7 Å². The van der Waals surface area contributed by atoms with Crippen LogP contribution in [0.2, 0.25) is 0 Å². The van der Waals surface area contributed by atoms with E-state index >= 15 is 0 Å². The van der Waals surface area contributed by atoms with Crippen LogP contribution in [0.4, 0.5) is 0 Å². The summed E-state index contributed by atoms with van der Waals surface area (Å²) in [4.78, 5) is 35.5. The summed E-state index contributed by atoms with van der Waals surface area (Å²) in [5.74, 6) is 1.30. The number of hydrogen-bond acceptors (Lipinski definition) is 12. The van der Waals surface area contributed by atoms with Gasteiger partial charge in [-0.3, -0.25) is 9.11 Å². The molecule has 3 heterocycles. The Morgan fingerprint density at radius 2 is 0.781 bits per heavy atom. The lowest BCUT2D eigenvalue weighted by molar-refractivity contribution is -0.162. The first-order valence-electron chi connectivity index (χ1n) is 21.0. The van der Waals surface area contributed by atoms with Gasteiger partial charge in [-0.1, -0.05) is 7.43 Å². The minimum Gasteiger partial charge on any atom is -0.507 e.